The van der Waals surface area contributed by atoms with E-state index in [0.29, 0.717) is 10.6 Å². The minimum atomic E-state index is -0.379. The second-order valence-electron chi connectivity index (χ2n) is 6.44. The van der Waals surface area contributed by atoms with Crippen molar-refractivity contribution in [3.8, 4) is 11.8 Å². The highest BCUT2D eigenvalue weighted by Gasteiger charge is 1.99. The summed E-state index contributed by atoms with van der Waals surface area (Å²) in [4.78, 5) is 0. The number of unbranched alkanes of at least 4 members (excludes halogenated alkanes) is 6. The van der Waals surface area contributed by atoms with Crippen molar-refractivity contribution in [3.05, 3.63) is 70.0 Å². The average Bonchev–Trinajstić information content (AvgIpc) is 2.61. The number of hydrogen-bond donors (Lipinski definition) is 0. The third-order valence-corrected chi connectivity index (χ3v) is 4.53. The van der Waals surface area contributed by atoms with Crippen LogP contribution in [-0.4, -0.2) is 0 Å². The van der Waals surface area contributed by atoms with Crippen LogP contribution in [0.2, 0.25) is 5.02 Å². The van der Waals surface area contributed by atoms with Gasteiger partial charge >= 0.3 is 0 Å². The van der Waals surface area contributed by atoms with Gasteiger partial charge < -0.3 is 0 Å². The lowest BCUT2D eigenvalue weighted by Crippen LogP contribution is -1.87. The molecule has 0 unspecified atom stereocenters. The monoisotopic (exact) mass is 356 g/mol. The smallest absolute Gasteiger partial charge is 0.140 e. The summed E-state index contributed by atoms with van der Waals surface area (Å²) in [6.45, 7) is 2.25. The van der Waals surface area contributed by atoms with Gasteiger partial charge in [-0.05, 0) is 48.7 Å². The molecule has 2 heteroatoms. The molecule has 2 aromatic rings. The van der Waals surface area contributed by atoms with Crippen molar-refractivity contribution < 1.29 is 4.39 Å². The molecule has 0 heterocycles. The molecule has 0 bridgehead atoms. The minimum Gasteiger partial charge on any atom is -0.206 e. The van der Waals surface area contributed by atoms with E-state index < -0.39 is 0 Å². The Morgan fingerprint density at radius 2 is 1.52 bits per heavy atom. The average molecular weight is 357 g/mol. The van der Waals surface area contributed by atoms with Crippen LogP contribution in [0, 0.1) is 17.7 Å². The third kappa shape index (κ3) is 7.32. The van der Waals surface area contributed by atoms with E-state index in [1.165, 1.54) is 56.6 Å². The molecule has 2 rings (SSSR count). The fraction of sp³-hybridized carbons (Fsp3) is 0.391. The molecule has 0 saturated heterocycles. The number of benzene rings is 2. The Morgan fingerprint density at radius 1 is 0.840 bits per heavy atom. The molecule has 0 aliphatic heterocycles. The second kappa shape index (κ2) is 11.0. The molecule has 0 radical (unpaired) electrons. The van der Waals surface area contributed by atoms with Crippen LogP contribution in [0.4, 0.5) is 4.39 Å². The number of halogens is 2. The summed E-state index contributed by atoms with van der Waals surface area (Å²) in [5.74, 6) is 5.50. The van der Waals surface area contributed by atoms with Gasteiger partial charge in [0, 0.05) is 10.6 Å². The van der Waals surface area contributed by atoms with Crippen molar-refractivity contribution >= 4 is 11.6 Å². The lowest BCUT2D eigenvalue weighted by molar-refractivity contribution is 0.589. The van der Waals surface area contributed by atoms with E-state index in [0.717, 1.165) is 12.0 Å². The van der Waals surface area contributed by atoms with E-state index in [1.54, 1.807) is 12.1 Å². The van der Waals surface area contributed by atoms with Gasteiger partial charge in [0.2, 0.25) is 0 Å². The van der Waals surface area contributed by atoms with Gasteiger partial charge in [-0.3, -0.25) is 0 Å². The fourth-order valence-electron chi connectivity index (χ4n) is 2.77. The second-order valence-corrected chi connectivity index (χ2v) is 6.88. The molecule has 0 aliphatic rings. The molecule has 0 fully saturated rings. The van der Waals surface area contributed by atoms with Crippen molar-refractivity contribution in [1.29, 1.82) is 0 Å². The van der Waals surface area contributed by atoms with Gasteiger partial charge in [-0.15, -0.1) is 0 Å². The summed E-state index contributed by atoms with van der Waals surface area (Å²) in [5, 5.41) is 0.387. The summed E-state index contributed by atoms with van der Waals surface area (Å²) in [6, 6.07) is 12.8. The van der Waals surface area contributed by atoms with Crippen molar-refractivity contribution in [3.63, 3.8) is 0 Å². The van der Waals surface area contributed by atoms with Crippen molar-refractivity contribution in [1.82, 2.24) is 0 Å². The molecule has 0 aromatic heterocycles. The Kier molecular flexibility index (Phi) is 8.56. The molecule has 0 N–H and O–H groups in total. The molecule has 0 saturated carbocycles. The zero-order chi connectivity index (χ0) is 17.9. The molecular formula is C23H26ClF. The molecule has 0 spiro atoms. The van der Waals surface area contributed by atoms with E-state index in [9.17, 15) is 4.39 Å². The minimum absolute atomic E-state index is 0.372. The maximum Gasteiger partial charge on any atom is 0.140 e. The maximum atomic E-state index is 13.7. The van der Waals surface area contributed by atoms with Crippen LogP contribution in [0.3, 0.4) is 0 Å². The normalized spacial score (nSPS) is 10.4. The Labute approximate surface area is 156 Å². The Hall–Kier alpha value is -1.78. The predicted octanol–water partition coefficient (Wildman–Crippen LogP) is 7.17. The first-order valence-corrected chi connectivity index (χ1v) is 9.63. The Morgan fingerprint density at radius 3 is 2.20 bits per heavy atom. The summed E-state index contributed by atoms with van der Waals surface area (Å²) in [7, 11) is 0. The SMILES string of the molecule is CCCCCCCCCc1ccc(C#Cc2ccc(Cl)cc2F)cc1. The van der Waals surface area contributed by atoms with Crippen LogP contribution in [0.15, 0.2) is 42.5 Å². The van der Waals surface area contributed by atoms with E-state index in [4.69, 9.17) is 11.6 Å². The molecule has 2 aromatic carbocycles. The first-order valence-electron chi connectivity index (χ1n) is 9.25. The number of aryl methyl sites for hydroxylation is 1. The molecule has 132 valence electrons. The highest BCUT2D eigenvalue weighted by Crippen LogP contribution is 2.14. The van der Waals surface area contributed by atoms with E-state index >= 15 is 0 Å². The van der Waals surface area contributed by atoms with Gasteiger partial charge in [-0.1, -0.05) is 81.0 Å². The first-order chi connectivity index (χ1) is 12.2. The van der Waals surface area contributed by atoms with Crippen LogP contribution in [-0.2, 0) is 6.42 Å². The van der Waals surface area contributed by atoms with E-state index in [-0.39, 0.29) is 5.82 Å². The molecule has 0 amide bonds. The zero-order valence-electron chi connectivity index (χ0n) is 15.0. The van der Waals surface area contributed by atoms with Crippen LogP contribution >= 0.6 is 11.6 Å². The molecule has 25 heavy (non-hydrogen) atoms. The third-order valence-electron chi connectivity index (χ3n) is 4.30. The van der Waals surface area contributed by atoms with Crippen LogP contribution in [0.5, 0.6) is 0 Å². The molecular weight excluding hydrogens is 331 g/mol. The van der Waals surface area contributed by atoms with Gasteiger partial charge in [-0.25, -0.2) is 4.39 Å². The van der Waals surface area contributed by atoms with Gasteiger partial charge in [0.15, 0.2) is 0 Å². The summed E-state index contributed by atoms with van der Waals surface area (Å²) in [5.41, 5.74) is 2.62. The van der Waals surface area contributed by atoms with Gasteiger partial charge in [0.25, 0.3) is 0 Å². The fourth-order valence-corrected chi connectivity index (χ4v) is 2.93. The Balaban J connectivity index is 1.79. The summed E-state index contributed by atoms with van der Waals surface area (Å²) < 4.78 is 13.7. The predicted molar refractivity (Wildman–Crippen MR) is 106 cm³/mol. The van der Waals surface area contributed by atoms with Gasteiger partial charge in [0.1, 0.15) is 5.82 Å². The van der Waals surface area contributed by atoms with Crippen LogP contribution < -0.4 is 0 Å². The zero-order valence-corrected chi connectivity index (χ0v) is 15.7. The van der Waals surface area contributed by atoms with Gasteiger partial charge in [0.05, 0.1) is 5.56 Å². The standard InChI is InChI=1S/C23H26ClF/c1-2-3-4-5-6-7-8-9-19-10-12-20(13-11-19)14-15-21-16-17-22(24)18-23(21)25/h10-13,16-18H,2-9H2,1H3. The topological polar surface area (TPSA) is 0 Å². The number of hydrogen-bond acceptors (Lipinski definition) is 0. The summed E-state index contributed by atoms with van der Waals surface area (Å²) in [6.07, 6.45) is 10.4. The first kappa shape index (κ1) is 19.5. The van der Waals surface area contributed by atoms with Crippen LogP contribution in [0.25, 0.3) is 0 Å². The highest BCUT2D eigenvalue weighted by atomic mass is 35.5. The van der Waals surface area contributed by atoms with E-state index in [2.05, 4.69) is 30.9 Å². The van der Waals surface area contributed by atoms with E-state index in [1.807, 2.05) is 12.1 Å². The maximum absolute atomic E-state index is 13.7. The lowest BCUT2D eigenvalue weighted by Gasteiger charge is -2.02. The largest absolute Gasteiger partial charge is 0.206 e. The van der Waals surface area contributed by atoms with Crippen LogP contribution in [0.1, 0.15) is 68.6 Å². The molecule has 0 atom stereocenters. The number of rotatable bonds is 8. The Bertz CT molecular complexity index is 707. The quantitative estimate of drug-likeness (QED) is 0.347. The van der Waals surface area contributed by atoms with Crippen molar-refractivity contribution in [2.75, 3.05) is 0 Å². The van der Waals surface area contributed by atoms with Crippen molar-refractivity contribution in [2.24, 2.45) is 0 Å². The molecule has 0 nitrogen and oxygen atoms in total. The van der Waals surface area contributed by atoms with Gasteiger partial charge in [-0.2, -0.15) is 0 Å². The summed E-state index contributed by atoms with van der Waals surface area (Å²) >= 11 is 5.75. The lowest BCUT2D eigenvalue weighted by atomic mass is 10.0. The highest BCUT2D eigenvalue weighted by molar-refractivity contribution is 6.30. The molecule has 0 aliphatic carbocycles. The van der Waals surface area contributed by atoms with Crippen molar-refractivity contribution in [2.45, 2.75) is 58.3 Å².